The first-order valence-electron chi connectivity index (χ1n) is 12.0. The molecule has 1 aliphatic heterocycles. The number of carbonyl (C=O) groups excluding carboxylic acids is 1. The third kappa shape index (κ3) is 5.67. The quantitative estimate of drug-likeness (QED) is 0.532. The van der Waals surface area contributed by atoms with E-state index in [4.69, 9.17) is 15.5 Å². The number of hydrogen-bond acceptors (Lipinski definition) is 6. The fourth-order valence-electron chi connectivity index (χ4n) is 4.23. The van der Waals surface area contributed by atoms with Gasteiger partial charge in [-0.15, -0.1) is 0 Å². The normalized spacial score (nSPS) is 14.1. The molecule has 2 aromatic carbocycles. The Labute approximate surface area is 207 Å². The highest BCUT2D eigenvalue weighted by Crippen LogP contribution is 2.30. The van der Waals surface area contributed by atoms with Crippen molar-refractivity contribution in [2.24, 2.45) is 5.73 Å². The summed E-state index contributed by atoms with van der Waals surface area (Å²) in [5, 5.41) is 3.44. The number of amides is 1. The van der Waals surface area contributed by atoms with Gasteiger partial charge in [-0.3, -0.25) is 4.79 Å². The molecular weight excluding hydrogens is 438 g/mol. The predicted molar refractivity (Wildman–Crippen MR) is 143 cm³/mol. The number of aryl methyl sites for hydroxylation is 1. The maximum absolute atomic E-state index is 12.1. The van der Waals surface area contributed by atoms with Gasteiger partial charge in [0.25, 0.3) is 0 Å². The summed E-state index contributed by atoms with van der Waals surface area (Å²) in [6.07, 6.45) is 0. The number of nitrogens with two attached hydrogens (primary N) is 1. The summed E-state index contributed by atoms with van der Waals surface area (Å²) in [5.74, 6) is 1.75. The van der Waals surface area contributed by atoms with Crippen LogP contribution in [0.25, 0.3) is 0 Å². The van der Waals surface area contributed by atoms with Gasteiger partial charge in [0.2, 0.25) is 5.91 Å². The third-order valence-electron chi connectivity index (χ3n) is 6.50. The third-order valence-corrected chi connectivity index (χ3v) is 6.50. The summed E-state index contributed by atoms with van der Waals surface area (Å²) in [6, 6.07) is 18.1. The van der Waals surface area contributed by atoms with Crippen molar-refractivity contribution in [1.82, 2.24) is 4.98 Å². The summed E-state index contributed by atoms with van der Waals surface area (Å²) in [5.41, 5.74) is 10.6. The van der Waals surface area contributed by atoms with Crippen LogP contribution in [0, 0.1) is 6.92 Å². The molecule has 0 atom stereocenters. The average Bonchev–Trinajstić information content (AvgIpc) is 2.84. The van der Waals surface area contributed by atoms with E-state index in [0.29, 0.717) is 11.4 Å². The number of piperazine rings is 1. The molecule has 4 rings (SSSR count). The van der Waals surface area contributed by atoms with Crippen LogP contribution < -0.4 is 25.6 Å². The van der Waals surface area contributed by atoms with Gasteiger partial charge in [-0.1, -0.05) is 32.9 Å². The molecule has 3 aromatic rings. The Bertz CT molecular complexity index is 1190. The van der Waals surface area contributed by atoms with Crippen molar-refractivity contribution < 1.29 is 9.53 Å². The van der Waals surface area contributed by atoms with Gasteiger partial charge >= 0.3 is 0 Å². The summed E-state index contributed by atoms with van der Waals surface area (Å²) in [4.78, 5) is 21.5. The average molecular weight is 474 g/mol. The number of pyridine rings is 1. The molecule has 1 fully saturated rings. The Balaban J connectivity index is 1.55. The predicted octanol–water partition coefficient (Wildman–Crippen LogP) is 4.87. The standard InChI is InChI=1S/C28H35N5O2/c1-19-6-7-21(28(2,3)4)18-24(19)30-25-16-20(27(29)34)17-26(31-25)33-14-12-32(13-15-33)22-8-10-23(35-5)11-9-22/h6-11,16-18H,12-15H2,1-5H3,(H2,29,34)(H,30,31). The maximum Gasteiger partial charge on any atom is 0.248 e. The Morgan fingerprint density at radius 1 is 0.971 bits per heavy atom. The zero-order valence-electron chi connectivity index (χ0n) is 21.3. The van der Waals surface area contributed by atoms with Crippen LogP contribution >= 0.6 is 0 Å². The number of ether oxygens (including phenoxy) is 1. The van der Waals surface area contributed by atoms with E-state index in [0.717, 1.165) is 49.0 Å². The summed E-state index contributed by atoms with van der Waals surface area (Å²) in [6.45, 7) is 11.9. The first-order valence-corrected chi connectivity index (χ1v) is 12.0. The van der Waals surface area contributed by atoms with Crippen LogP contribution in [-0.2, 0) is 5.41 Å². The van der Waals surface area contributed by atoms with Crippen LogP contribution in [0.4, 0.5) is 23.0 Å². The number of anilines is 4. The van der Waals surface area contributed by atoms with Crippen molar-refractivity contribution >= 4 is 28.9 Å². The van der Waals surface area contributed by atoms with Crippen molar-refractivity contribution in [2.45, 2.75) is 33.1 Å². The van der Waals surface area contributed by atoms with E-state index in [2.05, 4.69) is 73.1 Å². The van der Waals surface area contributed by atoms with Crippen molar-refractivity contribution in [3.05, 3.63) is 71.3 Å². The zero-order chi connectivity index (χ0) is 25.2. The Morgan fingerprint density at radius 3 is 2.23 bits per heavy atom. The number of benzene rings is 2. The van der Waals surface area contributed by atoms with E-state index in [1.165, 1.54) is 11.3 Å². The van der Waals surface area contributed by atoms with Crippen molar-refractivity contribution in [2.75, 3.05) is 48.4 Å². The smallest absolute Gasteiger partial charge is 0.248 e. The highest BCUT2D eigenvalue weighted by atomic mass is 16.5. The molecular formula is C28H35N5O2. The Kier molecular flexibility index (Phi) is 6.87. The highest BCUT2D eigenvalue weighted by molar-refractivity contribution is 5.94. The lowest BCUT2D eigenvalue weighted by Gasteiger charge is -2.37. The van der Waals surface area contributed by atoms with Gasteiger partial charge in [-0.2, -0.15) is 0 Å². The van der Waals surface area contributed by atoms with E-state index < -0.39 is 5.91 Å². The number of nitrogens with zero attached hydrogens (tertiary/aromatic N) is 3. The molecule has 35 heavy (non-hydrogen) atoms. The lowest BCUT2D eigenvalue weighted by molar-refractivity contribution is 0.1000. The Hall–Kier alpha value is -3.74. The molecule has 0 aliphatic carbocycles. The molecule has 1 amide bonds. The molecule has 7 heteroatoms. The summed E-state index contributed by atoms with van der Waals surface area (Å²) < 4.78 is 5.27. The first-order chi connectivity index (χ1) is 16.6. The van der Waals surface area contributed by atoms with Gasteiger partial charge in [-0.25, -0.2) is 4.98 Å². The number of methoxy groups -OCH3 is 1. The topological polar surface area (TPSA) is 83.7 Å². The van der Waals surface area contributed by atoms with Crippen LogP contribution in [0.3, 0.4) is 0 Å². The van der Waals surface area contributed by atoms with Crippen LogP contribution in [0.5, 0.6) is 5.75 Å². The molecule has 184 valence electrons. The van der Waals surface area contributed by atoms with E-state index in [9.17, 15) is 4.79 Å². The molecule has 3 N–H and O–H groups in total. The molecule has 0 bridgehead atoms. The molecule has 1 aromatic heterocycles. The van der Waals surface area contributed by atoms with Crippen molar-refractivity contribution in [3.8, 4) is 5.75 Å². The van der Waals surface area contributed by atoms with Gasteiger partial charge in [0.15, 0.2) is 0 Å². The SMILES string of the molecule is COc1ccc(N2CCN(c3cc(C(N)=O)cc(Nc4cc(C(C)(C)C)ccc4C)n3)CC2)cc1. The Morgan fingerprint density at radius 2 is 1.63 bits per heavy atom. The van der Waals surface area contributed by atoms with Crippen molar-refractivity contribution in [1.29, 1.82) is 0 Å². The minimum atomic E-state index is -0.464. The van der Waals surface area contributed by atoms with E-state index in [1.807, 2.05) is 12.1 Å². The monoisotopic (exact) mass is 473 g/mol. The lowest BCUT2D eigenvalue weighted by Crippen LogP contribution is -2.47. The number of primary amides is 1. The fraction of sp³-hybridized carbons (Fsp3) is 0.357. The lowest BCUT2D eigenvalue weighted by atomic mass is 9.86. The van der Waals surface area contributed by atoms with E-state index >= 15 is 0 Å². The van der Waals surface area contributed by atoms with Gasteiger partial charge in [-0.05, 0) is 65.9 Å². The minimum absolute atomic E-state index is 0.0291. The van der Waals surface area contributed by atoms with Crippen LogP contribution in [0.15, 0.2) is 54.6 Å². The van der Waals surface area contributed by atoms with E-state index in [-0.39, 0.29) is 5.41 Å². The molecule has 7 nitrogen and oxygen atoms in total. The van der Waals surface area contributed by atoms with Crippen LogP contribution in [-0.4, -0.2) is 44.2 Å². The number of rotatable bonds is 6. The summed E-state index contributed by atoms with van der Waals surface area (Å²) in [7, 11) is 1.67. The molecule has 1 saturated heterocycles. The zero-order valence-corrected chi connectivity index (χ0v) is 21.3. The molecule has 0 unspecified atom stereocenters. The second-order valence-corrected chi connectivity index (χ2v) is 10.0. The maximum atomic E-state index is 12.1. The van der Waals surface area contributed by atoms with Crippen LogP contribution in [0.2, 0.25) is 0 Å². The highest BCUT2D eigenvalue weighted by Gasteiger charge is 2.21. The fourth-order valence-corrected chi connectivity index (χ4v) is 4.23. The number of carbonyl (C=O) groups is 1. The van der Waals surface area contributed by atoms with Gasteiger partial charge < -0.3 is 25.6 Å². The molecule has 0 saturated carbocycles. The number of nitrogens with one attached hydrogen (secondary N) is 1. The summed E-state index contributed by atoms with van der Waals surface area (Å²) >= 11 is 0. The van der Waals surface area contributed by atoms with Gasteiger partial charge in [0.1, 0.15) is 17.4 Å². The van der Waals surface area contributed by atoms with E-state index in [1.54, 1.807) is 19.2 Å². The first kappa shape index (κ1) is 24.4. The van der Waals surface area contributed by atoms with Crippen LogP contribution in [0.1, 0.15) is 42.3 Å². The second kappa shape index (κ2) is 9.86. The van der Waals surface area contributed by atoms with Gasteiger partial charge in [0.05, 0.1) is 7.11 Å². The number of aromatic nitrogens is 1. The van der Waals surface area contributed by atoms with Gasteiger partial charge in [0, 0.05) is 43.1 Å². The largest absolute Gasteiger partial charge is 0.497 e. The molecule has 0 radical (unpaired) electrons. The molecule has 0 spiro atoms. The number of hydrogen-bond donors (Lipinski definition) is 2. The molecule has 2 heterocycles. The van der Waals surface area contributed by atoms with Crippen molar-refractivity contribution in [3.63, 3.8) is 0 Å². The molecule has 1 aliphatic rings. The second-order valence-electron chi connectivity index (χ2n) is 10.0. The minimum Gasteiger partial charge on any atom is -0.497 e.